The summed E-state index contributed by atoms with van der Waals surface area (Å²) in [5.41, 5.74) is 0.0930. The fourth-order valence-corrected chi connectivity index (χ4v) is 1.48. The van der Waals surface area contributed by atoms with E-state index in [1.807, 2.05) is 0 Å². The maximum absolute atomic E-state index is 10.3. The lowest BCUT2D eigenvalue weighted by Gasteiger charge is -2.17. The summed E-state index contributed by atoms with van der Waals surface area (Å²) in [5.74, 6) is -1.36. The second-order valence-electron chi connectivity index (χ2n) is 3.32. The average Bonchev–Trinajstić information content (AvgIpc) is 2.19. The highest BCUT2D eigenvalue weighted by Gasteiger charge is 2.23. The van der Waals surface area contributed by atoms with Gasteiger partial charge in [-0.15, -0.1) is 0 Å². The predicted molar refractivity (Wildman–Crippen MR) is 56.3 cm³/mol. The Morgan fingerprint density at radius 1 is 1.38 bits per heavy atom. The van der Waals surface area contributed by atoms with Crippen molar-refractivity contribution in [2.24, 2.45) is 0 Å². The SMILES string of the molecule is O=C(O)CC(O)C(O)c1cc(O)ccc1Cl. The lowest BCUT2D eigenvalue weighted by atomic mass is 10.0. The number of phenols is 1. The summed E-state index contributed by atoms with van der Waals surface area (Å²) in [5, 5.41) is 36.8. The summed E-state index contributed by atoms with van der Waals surface area (Å²) in [6, 6.07) is 3.85. The van der Waals surface area contributed by atoms with Gasteiger partial charge >= 0.3 is 5.97 Å². The molecule has 16 heavy (non-hydrogen) atoms. The van der Waals surface area contributed by atoms with E-state index in [0.717, 1.165) is 0 Å². The van der Waals surface area contributed by atoms with E-state index in [-0.39, 0.29) is 16.3 Å². The van der Waals surface area contributed by atoms with E-state index in [9.17, 15) is 20.1 Å². The van der Waals surface area contributed by atoms with Crippen LogP contribution >= 0.6 is 11.6 Å². The number of carboxylic acids is 1. The molecule has 0 spiro atoms. The van der Waals surface area contributed by atoms with Gasteiger partial charge in [-0.3, -0.25) is 4.79 Å². The fraction of sp³-hybridized carbons (Fsp3) is 0.300. The smallest absolute Gasteiger partial charge is 0.306 e. The number of aromatic hydroxyl groups is 1. The number of aliphatic hydroxyl groups excluding tert-OH is 2. The Bertz CT molecular complexity index is 393. The first kappa shape index (κ1) is 12.8. The maximum Gasteiger partial charge on any atom is 0.306 e. The van der Waals surface area contributed by atoms with E-state index in [1.165, 1.54) is 18.2 Å². The van der Waals surface area contributed by atoms with Gasteiger partial charge in [0.1, 0.15) is 11.9 Å². The molecule has 2 atom stereocenters. The summed E-state index contributed by atoms with van der Waals surface area (Å²) >= 11 is 5.74. The molecular weight excluding hydrogens is 236 g/mol. The highest BCUT2D eigenvalue weighted by molar-refractivity contribution is 6.31. The van der Waals surface area contributed by atoms with Crippen molar-refractivity contribution in [1.82, 2.24) is 0 Å². The number of aliphatic carboxylic acids is 1. The topological polar surface area (TPSA) is 98.0 Å². The largest absolute Gasteiger partial charge is 0.508 e. The molecule has 88 valence electrons. The summed E-state index contributed by atoms with van der Waals surface area (Å²) in [6.07, 6.45) is -3.53. The Labute approximate surface area is 96.5 Å². The summed E-state index contributed by atoms with van der Waals surface area (Å²) in [7, 11) is 0. The number of hydrogen-bond acceptors (Lipinski definition) is 4. The Morgan fingerprint density at radius 3 is 2.56 bits per heavy atom. The first-order chi connectivity index (χ1) is 7.41. The molecule has 6 heteroatoms. The van der Waals surface area contributed by atoms with Crippen LogP contribution in [0.3, 0.4) is 0 Å². The number of halogens is 1. The molecule has 1 aromatic carbocycles. The molecule has 0 saturated carbocycles. The standard InChI is InChI=1S/C10H11ClO5/c11-7-2-1-5(12)3-6(7)10(16)8(13)4-9(14)15/h1-3,8,10,12-13,16H,4H2,(H,14,15). The minimum atomic E-state index is -1.48. The number of phenolic OH excluding ortho intramolecular Hbond substituents is 1. The summed E-state index contributed by atoms with van der Waals surface area (Å²) in [6.45, 7) is 0. The zero-order valence-electron chi connectivity index (χ0n) is 8.17. The Hall–Kier alpha value is -1.30. The van der Waals surface area contributed by atoms with Crippen molar-refractivity contribution < 1.29 is 25.2 Å². The Balaban J connectivity index is 2.90. The minimum absolute atomic E-state index is 0.0930. The van der Waals surface area contributed by atoms with E-state index in [1.54, 1.807) is 0 Å². The van der Waals surface area contributed by atoms with Crippen LogP contribution in [0.1, 0.15) is 18.1 Å². The lowest BCUT2D eigenvalue weighted by Crippen LogP contribution is -2.22. The number of carboxylic acid groups (broad SMARTS) is 1. The zero-order chi connectivity index (χ0) is 12.3. The van der Waals surface area contributed by atoms with Crippen molar-refractivity contribution in [2.75, 3.05) is 0 Å². The molecule has 0 heterocycles. The van der Waals surface area contributed by atoms with Crippen LogP contribution in [0.5, 0.6) is 5.75 Å². The van der Waals surface area contributed by atoms with Gasteiger partial charge in [0.2, 0.25) is 0 Å². The van der Waals surface area contributed by atoms with Gasteiger partial charge in [-0.05, 0) is 18.2 Å². The zero-order valence-corrected chi connectivity index (χ0v) is 8.92. The molecular formula is C10H11ClO5. The van der Waals surface area contributed by atoms with Gasteiger partial charge in [-0.25, -0.2) is 0 Å². The molecule has 0 radical (unpaired) electrons. The number of hydrogen-bond donors (Lipinski definition) is 4. The van der Waals surface area contributed by atoms with Crippen molar-refractivity contribution in [3.8, 4) is 5.75 Å². The van der Waals surface area contributed by atoms with Gasteiger partial charge in [0.15, 0.2) is 0 Å². The highest BCUT2D eigenvalue weighted by Crippen LogP contribution is 2.29. The van der Waals surface area contributed by atoms with Crippen LogP contribution < -0.4 is 0 Å². The molecule has 4 N–H and O–H groups in total. The van der Waals surface area contributed by atoms with Gasteiger partial charge in [0.05, 0.1) is 12.5 Å². The second kappa shape index (κ2) is 5.16. The Morgan fingerprint density at radius 2 is 2.00 bits per heavy atom. The number of benzene rings is 1. The first-order valence-electron chi connectivity index (χ1n) is 4.48. The van der Waals surface area contributed by atoms with Crippen LogP contribution in [0.4, 0.5) is 0 Å². The van der Waals surface area contributed by atoms with Gasteiger partial charge in [-0.2, -0.15) is 0 Å². The number of carbonyl (C=O) groups is 1. The molecule has 0 amide bonds. The van der Waals surface area contributed by atoms with Crippen molar-refractivity contribution in [3.05, 3.63) is 28.8 Å². The van der Waals surface area contributed by atoms with Gasteiger partial charge in [-0.1, -0.05) is 11.6 Å². The van der Waals surface area contributed by atoms with Crippen molar-refractivity contribution >= 4 is 17.6 Å². The molecule has 5 nitrogen and oxygen atoms in total. The third kappa shape index (κ3) is 3.10. The molecule has 0 fully saturated rings. The average molecular weight is 247 g/mol. The monoisotopic (exact) mass is 246 g/mol. The fourth-order valence-electron chi connectivity index (χ4n) is 1.26. The molecule has 0 aliphatic rings. The maximum atomic E-state index is 10.3. The first-order valence-corrected chi connectivity index (χ1v) is 4.86. The predicted octanol–water partition coefficient (Wildman–Crippen LogP) is 0.915. The third-order valence-corrected chi connectivity index (χ3v) is 2.39. The number of rotatable bonds is 4. The van der Waals surface area contributed by atoms with Gasteiger partial charge in [0.25, 0.3) is 0 Å². The van der Waals surface area contributed by atoms with Crippen LogP contribution in [0.2, 0.25) is 5.02 Å². The van der Waals surface area contributed by atoms with Crippen LogP contribution in [0, 0.1) is 0 Å². The molecule has 0 saturated heterocycles. The van der Waals surface area contributed by atoms with Crippen LogP contribution in [0.15, 0.2) is 18.2 Å². The summed E-state index contributed by atoms with van der Waals surface area (Å²) < 4.78 is 0. The molecule has 0 aliphatic heterocycles. The van der Waals surface area contributed by atoms with E-state index < -0.39 is 24.6 Å². The van der Waals surface area contributed by atoms with Gasteiger partial charge < -0.3 is 20.4 Å². The molecule has 0 bridgehead atoms. The van der Waals surface area contributed by atoms with Crippen LogP contribution in [0.25, 0.3) is 0 Å². The quantitative estimate of drug-likeness (QED) is 0.633. The second-order valence-corrected chi connectivity index (χ2v) is 3.72. The molecule has 0 aromatic heterocycles. The van der Waals surface area contributed by atoms with E-state index in [0.29, 0.717) is 0 Å². The Kier molecular flexibility index (Phi) is 4.12. The summed E-state index contributed by atoms with van der Waals surface area (Å²) in [4.78, 5) is 10.3. The molecule has 1 rings (SSSR count). The molecule has 0 aliphatic carbocycles. The molecule has 1 aromatic rings. The molecule has 2 unspecified atom stereocenters. The minimum Gasteiger partial charge on any atom is -0.508 e. The van der Waals surface area contributed by atoms with E-state index in [2.05, 4.69) is 0 Å². The highest BCUT2D eigenvalue weighted by atomic mass is 35.5. The lowest BCUT2D eigenvalue weighted by molar-refractivity contribution is -0.141. The van der Waals surface area contributed by atoms with Gasteiger partial charge in [0, 0.05) is 10.6 Å². The van der Waals surface area contributed by atoms with Crippen molar-refractivity contribution in [2.45, 2.75) is 18.6 Å². The number of aliphatic hydroxyl groups is 2. The van der Waals surface area contributed by atoms with E-state index in [4.69, 9.17) is 16.7 Å². The van der Waals surface area contributed by atoms with Crippen LogP contribution in [-0.4, -0.2) is 32.5 Å². The van der Waals surface area contributed by atoms with Crippen molar-refractivity contribution in [3.63, 3.8) is 0 Å². The van der Waals surface area contributed by atoms with Crippen LogP contribution in [-0.2, 0) is 4.79 Å². The normalized spacial score (nSPS) is 14.4. The third-order valence-electron chi connectivity index (χ3n) is 2.05. The van der Waals surface area contributed by atoms with Crippen molar-refractivity contribution in [1.29, 1.82) is 0 Å². The van der Waals surface area contributed by atoms with E-state index >= 15 is 0 Å².